The standard InChI is InChI=1S/C18H25NO4/c1-13(18(21)22)12-19-17(20)10-9-14-5-4-8-16(11-14)23-15-6-2-3-7-15/h4-5,8,11,13,15H,2-3,6-7,9-10,12H2,1H3,(H,19,20)(H,21,22). The number of aliphatic carboxylic acids is 1. The molecule has 5 heteroatoms. The number of carboxylic acids is 1. The van der Waals surface area contributed by atoms with Crippen LogP contribution in [0.3, 0.4) is 0 Å². The molecule has 1 aromatic carbocycles. The zero-order valence-electron chi connectivity index (χ0n) is 13.6. The van der Waals surface area contributed by atoms with Gasteiger partial charge in [0.05, 0.1) is 12.0 Å². The molecule has 1 aliphatic rings. The van der Waals surface area contributed by atoms with E-state index in [0.717, 1.165) is 24.2 Å². The predicted octanol–water partition coefficient (Wildman–Crippen LogP) is 2.78. The lowest BCUT2D eigenvalue weighted by molar-refractivity contribution is -0.141. The van der Waals surface area contributed by atoms with E-state index in [1.165, 1.54) is 12.8 Å². The van der Waals surface area contributed by atoms with Gasteiger partial charge in [-0.25, -0.2) is 0 Å². The summed E-state index contributed by atoms with van der Waals surface area (Å²) >= 11 is 0. The van der Waals surface area contributed by atoms with Crippen molar-refractivity contribution < 1.29 is 19.4 Å². The second-order valence-corrected chi connectivity index (χ2v) is 6.22. The van der Waals surface area contributed by atoms with Gasteiger partial charge in [0.1, 0.15) is 5.75 Å². The molecule has 5 nitrogen and oxygen atoms in total. The zero-order chi connectivity index (χ0) is 16.7. The second-order valence-electron chi connectivity index (χ2n) is 6.22. The van der Waals surface area contributed by atoms with Crippen molar-refractivity contribution in [3.05, 3.63) is 29.8 Å². The minimum absolute atomic E-state index is 0.125. The lowest BCUT2D eigenvalue weighted by Gasteiger charge is -2.14. The van der Waals surface area contributed by atoms with Gasteiger partial charge in [-0.05, 0) is 49.8 Å². The van der Waals surface area contributed by atoms with Crippen molar-refractivity contribution in [2.24, 2.45) is 5.92 Å². The number of carbonyl (C=O) groups excluding carboxylic acids is 1. The lowest BCUT2D eigenvalue weighted by Crippen LogP contribution is -2.31. The smallest absolute Gasteiger partial charge is 0.308 e. The van der Waals surface area contributed by atoms with Gasteiger partial charge in [-0.1, -0.05) is 19.1 Å². The fraction of sp³-hybridized carbons (Fsp3) is 0.556. The SMILES string of the molecule is CC(CNC(=O)CCc1cccc(OC2CCCC2)c1)C(=O)O. The van der Waals surface area contributed by atoms with E-state index in [2.05, 4.69) is 5.32 Å². The topological polar surface area (TPSA) is 75.6 Å². The van der Waals surface area contributed by atoms with Crippen LogP contribution in [0, 0.1) is 5.92 Å². The molecule has 0 aliphatic heterocycles. The van der Waals surface area contributed by atoms with Gasteiger partial charge in [0.2, 0.25) is 5.91 Å². The molecule has 1 aliphatic carbocycles. The molecule has 2 N–H and O–H groups in total. The summed E-state index contributed by atoms with van der Waals surface area (Å²) in [4.78, 5) is 22.5. The fourth-order valence-corrected chi connectivity index (χ4v) is 2.67. The molecule has 0 spiro atoms. The molecule has 1 amide bonds. The van der Waals surface area contributed by atoms with Crippen LogP contribution in [0.2, 0.25) is 0 Å². The van der Waals surface area contributed by atoms with Gasteiger partial charge in [-0.3, -0.25) is 9.59 Å². The summed E-state index contributed by atoms with van der Waals surface area (Å²) in [6, 6.07) is 7.88. The summed E-state index contributed by atoms with van der Waals surface area (Å²) in [6.07, 6.45) is 6.00. The average Bonchev–Trinajstić information content (AvgIpc) is 3.03. The number of hydrogen-bond acceptors (Lipinski definition) is 3. The first kappa shape index (κ1) is 17.3. The summed E-state index contributed by atoms with van der Waals surface area (Å²) < 4.78 is 5.96. The quantitative estimate of drug-likeness (QED) is 0.772. The Bertz CT molecular complexity index is 538. The van der Waals surface area contributed by atoms with Gasteiger partial charge in [0, 0.05) is 13.0 Å². The molecule has 2 rings (SSSR count). The molecular formula is C18H25NO4. The van der Waals surface area contributed by atoms with E-state index >= 15 is 0 Å². The number of carbonyl (C=O) groups is 2. The van der Waals surface area contributed by atoms with E-state index in [1.54, 1.807) is 6.92 Å². The molecule has 0 heterocycles. The van der Waals surface area contributed by atoms with Crippen LogP contribution >= 0.6 is 0 Å². The van der Waals surface area contributed by atoms with E-state index in [1.807, 2.05) is 24.3 Å². The first-order valence-electron chi connectivity index (χ1n) is 8.29. The Morgan fingerprint density at radius 3 is 2.78 bits per heavy atom. The second kappa shape index (κ2) is 8.56. The Balaban J connectivity index is 1.76. The number of hydrogen-bond donors (Lipinski definition) is 2. The molecule has 1 atom stereocenters. The van der Waals surface area contributed by atoms with E-state index < -0.39 is 11.9 Å². The summed E-state index contributed by atoms with van der Waals surface area (Å²) in [5.41, 5.74) is 1.06. The number of rotatable bonds is 8. The van der Waals surface area contributed by atoms with Crippen LogP contribution in [0.5, 0.6) is 5.75 Å². The summed E-state index contributed by atoms with van der Waals surface area (Å²) in [5.74, 6) is -0.723. The van der Waals surface area contributed by atoms with Crippen molar-refractivity contribution in [1.29, 1.82) is 0 Å². The molecule has 1 fully saturated rings. The van der Waals surface area contributed by atoms with Crippen molar-refractivity contribution in [3.8, 4) is 5.75 Å². The molecule has 0 saturated heterocycles. The molecular weight excluding hydrogens is 294 g/mol. The molecule has 1 aromatic rings. The predicted molar refractivity (Wildman–Crippen MR) is 87.5 cm³/mol. The van der Waals surface area contributed by atoms with E-state index in [-0.39, 0.29) is 12.5 Å². The Morgan fingerprint density at radius 1 is 1.35 bits per heavy atom. The highest BCUT2D eigenvalue weighted by molar-refractivity contribution is 5.77. The first-order chi connectivity index (χ1) is 11.0. The van der Waals surface area contributed by atoms with Crippen molar-refractivity contribution in [3.63, 3.8) is 0 Å². The Labute approximate surface area is 137 Å². The Morgan fingerprint density at radius 2 is 2.09 bits per heavy atom. The van der Waals surface area contributed by atoms with Crippen LogP contribution in [0.4, 0.5) is 0 Å². The number of amides is 1. The van der Waals surface area contributed by atoms with Crippen molar-refractivity contribution in [1.82, 2.24) is 5.32 Å². The third kappa shape index (κ3) is 5.93. The Kier molecular flexibility index (Phi) is 6.44. The maximum absolute atomic E-state index is 11.8. The van der Waals surface area contributed by atoms with Gasteiger partial charge in [-0.15, -0.1) is 0 Å². The van der Waals surface area contributed by atoms with Crippen LogP contribution in [0.15, 0.2) is 24.3 Å². The fourth-order valence-electron chi connectivity index (χ4n) is 2.67. The van der Waals surface area contributed by atoms with Crippen molar-refractivity contribution in [2.75, 3.05) is 6.54 Å². The zero-order valence-corrected chi connectivity index (χ0v) is 13.6. The highest BCUT2D eigenvalue weighted by Gasteiger charge is 2.16. The highest BCUT2D eigenvalue weighted by atomic mass is 16.5. The number of ether oxygens (including phenoxy) is 1. The van der Waals surface area contributed by atoms with Crippen molar-refractivity contribution >= 4 is 11.9 Å². The maximum atomic E-state index is 11.8. The van der Waals surface area contributed by atoms with E-state index in [4.69, 9.17) is 9.84 Å². The lowest BCUT2D eigenvalue weighted by atomic mass is 10.1. The van der Waals surface area contributed by atoms with Crippen molar-refractivity contribution in [2.45, 2.75) is 51.6 Å². The van der Waals surface area contributed by atoms with Gasteiger partial charge in [-0.2, -0.15) is 0 Å². The number of aryl methyl sites for hydroxylation is 1. The molecule has 0 bridgehead atoms. The molecule has 0 radical (unpaired) electrons. The van der Waals surface area contributed by atoms with Gasteiger partial charge in [0.25, 0.3) is 0 Å². The van der Waals surface area contributed by atoms with E-state index in [9.17, 15) is 9.59 Å². The van der Waals surface area contributed by atoms with Crippen LogP contribution in [0.25, 0.3) is 0 Å². The normalized spacial score (nSPS) is 16.0. The van der Waals surface area contributed by atoms with Crippen LogP contribution in [-0.4, -0.2) is 29.6 Å². The molecule has 0 aromatic heterocycles. The summed E-state index contributed by atoms with van der Waals surface area (Å²) in [6.45, 7) is 1.74. The van der Waals surface area contributed by atoms with Gasteiger partial charge >= 0.3 is 5.97 Å². The number of nitrogens with one attached hydrogen (secondary N) is 1. The maximum Gasteiger partial charge on any atom is 0.308 e. The summed E-state index contributed by atoms with van der Waals surface area (Å²) in [5, 5.41) is 11.4. The third-order valence-corrected chi connectivity index (χ3v) is 4.17. The minimum Gasteiger partial charge on any atom is -0.490 e. The van der Waals surface area contributed by atoms with E-state index in [0.29, 0.717) is 18.9 Å². The monoisotopic (exact) mass is 319 g/mol. The van der Waals surface area contributed by atoms with Gasteiger partial charge in [0.15, 0.2) is 0 Å². The highest BCUT2D eigenvalue weighted by Crippen LogP contribution is 2.24. The molecule has 1 unspecified atom stereocenters. The summed E-state index contributed by atoms with van der Waals surface area (Å²) in [7, 11) is 0. The van der Waals surface area contributed by atoms with Crippen LogP contribution in [0.1, 0.15) is 44.6 Å². The molecule has 23 heavy (non-hydrogen) atoms. The van der Waals surface area contributed by atoms with Crippen LogP contribution in [-0.2, 0) is 16.0 Å². The third-order valence-electron chi connectivity index (χ3n) is 4.17. The van der Waals surface area contributed by atoms with Gasteiger partial charge < -0.3 is 15.2 Å². The average molecular weight is 319 g/mol. The van der Waals surface area contributed by atoms with Crippen LogP contribution < -0.4 is 10.1 Å². The largest absolute Gasteiger partial charge is 0.490 e. The number of carboxylic acid groups (broad SMARTS) is 1. The first-order valence-corrected chi connectivity index (χ1v) is 8.29. The molecule has 126 valence electrons. The number of benzene rings is 1. The molecule has 1 saturated carbocycles. The minimum atomic E-state index is -0.901. The Hall–Kier alpha value is -2.04.